The summed E-state index contributed by atoms with van der Waals surface area (Å²) in [5.74, 6) is 4.19. The molecule has 1 aliphatic rings. The third kappa shape index (κ3) is 7.31. The summed E-state index contributed by atoms with van der Waals surface area (Å²) >= 11 is 8.45. The molecule has 0 unspecified atom stereocenters. The van der Waals surface area contributed by atoms with E-state index < -0.39 is 5.34 Å². The van der Waals surface area contributed by atoms with Crippen molar-refractivity contribution in [1.82, 2.24) is 4.98 Å². The zero-order chi connectivity index (χ0) is 30.5. The van der Waals surface area contributed by atoms with Crippen LogP contribution in [-0.2, 0) is 5.11 Å². The molecular formula is C27H36B8ClFN2OS. The number of anilines is 1. The number of hydrogen-bond donors (Lipinski definition) is 0. The van der Waals surface area contributed by atoms with Gasteiger partial charge < -0.3 is 9.64 Å². The molecule has 3 nitrogen and oxygen atoms in total. The van der Waals surface area contributed by atoms with Crippen LogP contribution >= 0.6 is 22.9 Å². The minimum absolute atomic E-state index is 0.116. The number of rotatable bonds is 10. The highest BCUT2D eigenvalue weighted by atomic mass is 35.5. The highest BCUT2D eigenvalue weighted by Crippen LogP contribution is 2.46. The summed E-state index contributed by atoms with van der Waals surface area (Å²) in [6, 6.07) is 9.54. The Morgan fingerprint density at radius 3 is 2.32 bits per heavy atom. The Morgan fingerprint density at radius 1 is 1.12 bits per heavy atom. The Labute approximate surface area is 261 Å². The third-order valence-corrected chi connectivity index (χ3v) is 8.92. The van der Waals surface area contributed by atoms with E-state index in [1.165, 1.54) is 12.8 Å². The lowest BCUT2D eigenvalue weighted by molar-refractivity contribution is 0.316. The van der Waals surface area contributed by atoms with E-state index >= 15 is 4.39 Å². The second-order valence-electron chi connectivity index (χ2n) is 14.0. The van der Waals surface area contributed by atoms with Crippen molar-refractivity contribution in [2.45, 2.75) is 54.9 Å². The van der Waals surface area contributed by atoms with Gasteiger partial charge in [0.1, 0.15) is 50.8 Å². The van der Waals surface area contributed by atoms with E-state index in [0.717, 1.165) is 44.6 Å². The number of ether oxygens (including phenoxy) is 1. The fourth-order valence-electron chi connectivity index (χ4n) is 5.26. The minimum atomic E-state index is -0.662. The SMILES string of the molecule is BC(B)(B)Oc1cc(Cl)c(-c2nc(N([C@@H](CC3CC3)c3ccc(C(B)(B)B)c(F)c3)C(B)(B)C#C)sc2C)cc1C. The summed E-state index contributed by atoms with van der Waals surface area (Å²) in [4.78, 5) is 8.46. The first kappa shape index (κ1) is 31.9. The number of aromatic nitrogens is 1. The quantitative estimate of drug-likeness (QED) is 0.229. The molecule has 0 bridgehead atoms. The van der Waals surface area contributed by atoms with E-state index in [1.807, 2.05) is 87.9 Å². The number of benzene rings is 2. The Kier molecular flexibility index (Phi) is 9.00. The summed E-state index contributed by atoms with van der Waals surface area (Å²) in [7, 11) is 16.3. The van der Waals surface area contributed by atoms with E-state index in [1.54, 1.807) is 17.4 Å². The average Bonchev–Trinajstić information content (AvgIpc) is 3.59. The molecule has 204 valence electrons. The van der Waals surface area contributed by atoms with Gasteiger partial charge >= 0.3 is 0 Å². The molecule has 0 radical (unpaired) electrons. The molecule has 3 aromatic rings. The van der Waals surface area contributed by atoms with Gasteiger partial charge in [0.2, 0.25) is 0 Å². The maximum Gasteiger partial charge on any atom is 0.186 e. The van der Waals surface area contributed by atoms with Crippen molar-refractivity contribution in [3.63, 3.8) is 0 Å². The molecule has 2 aromatic carbocycles. The van der Waals surface area contributed by atoms with Gasteiger partial charge in [-0.3, -0.25) is 0 Å². The predicted molar refractivity (Wildman–Crippen MR) is 196 cm³/mol. The largest absolute Gasteiger partial charge is 0.513 e. The summed E-state index contributed by atoms with van der Waals surface area (Å²) in [5, 5.41) is 0.132. The fourth-order valence-corrected chi connectivity index (χ4v) is 6.62. The van der Waals surface area contributed by atoms with Crippen LogP contribution in [0.1, 0.15) is 46.9 Å². The van der Waals surface area contributed by atoms with Crippen LogP contribution in [0.5, 0.6) is 5.75 Å². The molecule has 1 saturated carbocycles. The van der Waals surface area contributed by atoms with Crippen molar-refractivity contribution < 1.29 is 9.13 Å². The molecule has 4 rings (SSSR count). The monoisotopic (exact) mass is 578 g/mol. The van der Waals surface area contributed by atoms with Crippen molar-refractivity contribution in [2.24, 2.45) is 5.92 Å². The van der Waals surface area contributed by atoms with E-state index in [4.69, 9.17) is 27.7 Å². The van der Waals surface area contributed by atoms with E-state index in [2.05, 4.69) is 23.8 Å². The van der Waals surface area contributed by atoms with Crippen LogP contribution in [0.15, 0.2) is 30.3 Å². The molecule has 0 amide bonds. The maximum atomic E-state index is 15.5. The topological polar surface area (TPSA) is 25.4 Å². The Morgan fingerprint density at radius 2 is 1.78 bits per heavy atom. The van der Waals surface area contributed by atoms with E-state index in [9.17, 15) is 0 Å². The van der Waals surface area contributed by atoms with Gasteiger partial charge in [0.05, 0.1) is 40.3 Å². The number of nitrogens with zero attached hydrogens (tertiary/aromatic N) is 2. The van der Waals surface area contributed by atoms with Gasteiger partial charge in [-0.05, 0) is 61.1 Å². The van der Waals surface area contributed by atoms with Crippen LogP contribution in [0.25, 0.3) is 11.3 Å². The summed E-state index contributed by atoms with van der Waals surface area (Å²) in [6.07, 6.45) is 9.42. The van der Waals surface area contributed by atoms with Gasteiger partial charge in [-0.25, -0.2) is 9.37 Å². The molecule has 41 heavy (non-hydrogen) atoms. The van der Waals surface area contributed by atoms with Gasteiger partial charge in [-0.2, -0.15) is 0 Å². The molecular weight excluding hydrogens is 541 g/mol. The average molecular weight is 578 g/mol. The third-order valence-electron chi connectivity index (χ3n) is 7.63. The lowest BCUT2D eigenvalue weighted by atomic mass is 9.40. The molecule has 1 aromatic heterocycles. The number of aryl methyl sites for hydroxylation is 2. The van der Waals surface area contributed by atoms with Crippen LogP contribution in [0, 0.1) is 37.9 Å². The molecule has 1 atom stereocenters. The fraction of sp³-hybridized carbons (Fsp3) is 0.370. The van der Waals surface area contributed by atoms with Gasteiger partial charge in [0.25, 0.3) is 0 Å². The van der Waals surface area contributed by atoms with E-state index in [0.29, 0.717) is 16.5 Å². The Hall–Kier alpha value is -2.03. The molecule has 0 saturated heterocycles. The zero-order valence-corrected chi connectivity index (χ0v) is 27.8. The molecule has 0 N–H and O–H groups in total. The molecule has 0 spiro atoms. The standard InChI is InChI=1S/C27H36B8ClFN2OS/c1-4-25(28,29)39(21(10-15-5-6-15)16-7-8-18(20(37)11-16)26(30,31)32)24-38-23(14(3)41-24)17-9-13(2)22(12-19(17)36)40-27(33,34)35/h1,7-9,11-12,15,21H,5-6,10,28-35H2,2-3H3/t21-/m0/s1. The Balaban J connectivity index is 1.82. The highest BCUT2D eigenvalue weighted by molar-refractivity contribution is 7.16. The maximum absolute atomic E-state index is 15.5. The van der Waals surface area contributed by atoms with Gasteiger partial charge in [0.15, 0.2) is 5.13 Å². The molecule has 1 fully saturated rings. The lowest BCUT2D eigenvalue weighted by Gasteiger charge is -2.42. The lowest BCUT2D eigenvalue weighted by Crippen LogP contribution is -2.51. The van der Waals surface area contributed by atoms with Gasteiger partial charge in [-0.1, -0.05) is 47.6 Å². The highest BCUT2D eigenvalue weighted by Gasteiger charge is 2.38. The molecule has 1 heterocycles. The van der Waals surface area contributed by atoms with Gasteiger partial charge in [0, 0.05) is 21.1 Å². The van der Waals surface area contributed by atoms with Crippen LogP contribution in [-0.4, -0.2) is 78.4 Å². The summed E-state index contributed by atoms with van der Waals surface area (Å²) in [6.45, 7) is 4.09. The van der Waals surface area contributed by atoms with Gasteiger partial charge in [-0.15, -0.1) is 17.8 Å². The first-order valence-corrected chi connectivity index (χ1v) is 15.6. The van der Waals surface area contributed by atoms with Crippen LogP contribution in [0.4, 0.5) is 9.52 Å². The van der Waals surface area contributed by atoms with Crippen LogP contribution in [0.2, 0.25) is 5.02 Å². The van der Waals surface area contributed by atoms with Crippen molar-refractivity contribution in [2.75, 3.05) is 4.90 Å². The second kappa shape index (κ2) is 11.6. The molecule has 1 aliphatic carbocycles. The number of hydrogen-bond acceptors (Lipinski definition) is 4. The first-order valence-electron chi connectivity index (χ1n) is 14.5. The first-order chi connectivity index (χ1) is 18.9. The van der Waals surface area contributed by atoms with Crippen LogP contribution < -0.4 is 9.64 Å². The second-order valence-corrected chi connectivity index (χ2v) is 15.6. The van der Waals surface area contributed by atoms with E-state index in [-0.39, 0.29) is 22.3 Å². The number of thiazole rings is 1. The molecule has 14 heteroatoms. The van der Waals surface area contributed by atoms with Crippen molar-refractivity contribution in [3.8, 4) is 29.4 Å². The summed E-state index contributed by atoms with van der Waals surface area (Å²) in [5.41, 5.74) is 4.33. The van der Waals surface area contributed by atoms with Crippen LogP contribution in [0.3, 0.4) is 0 Å². The predicted octanol–water partition coefficient (Wildman–Crippen LogP) is -0.981. The number of terminal acetylenes is 1. The minimum Gasteiger partial charge on any atom is -0.513 e. The van der Waals surface area contributed by atoms with Crippen molar-refractivity contribution >= 4 is 90.8 Å². The smallest absolute Gasteiger partial charge is 0.186 e. The molecule has 0 aliphatic heterocycles. The Bertz CT molecular complexity index is 1490. The zero-order valence-electron chi connectivity index (χ0n) is 26.2. The van der Waals surface area contributed by atoms with Crippen molar-refractivity contribution in [1.29, 1.82) is 0 Å². The summed E-state index contributed by atoms with van der Waals surface area (Å²) < 4.78 is 21.7. The number of halogens is 2. The van der Waals surface area contributed by atoms with Crippen molar-refractivity contribution in [3.05, 3.63) is 62.7 Å². The normalized spacial score (nSPS) is 14.8.